The summed E-state index contributed by atoms with van der Waals surface area (Å²) in [7, 11) is -3.22. The normalized spacial score (nSPS) is 23.4. The first-order chi connectivity index (χ1) is 15.3. The Morgan fingerprint density at radius 1 is 1.25 bits per heavy atom. The van der Waals surface area contributed by atoms with E-state index in [2.05, 4.69) is 25.5 Å². The minimum atomic E-state index is -3.22. The largest absolute Gasteiger partial charge is 0.368 e. The van der Waals surface area contributed by atoms with Gasteiger partial charge in [0.05, 0.1) is 11.9 Å². The third-order valence-electron chi connectivity index (χ3n) is 6.09. The predicted molar refractivity (Wildman–Crippen MR) is 121 cm³/mol. The molecule has 0 bridgehead atoms. The molecule has 1 saturated carbocycles. The molecule has 168 valence electrons. The number of rotatable bonds is 6. The number of aromatic nitrogens is 4. The molecule has 1 N–H and O–H groups in total. The van der Waals surface area contributed by atoms with Gasteiger partial charge in [-0.1, -0.05) is 6.07 Å². The highest BCUT2D eigenvalue weighted by Gasteiger charge is 2.47. The molecule has 0 atom stereocenters. The summed E-state index contributed by atoms with van der Waals surface area (Å²) < 4.78 is 38.9. The molecular weight excluding hydrogens is 451 g/mol. The Labute approximate surface area is 190 Å². The van der Waals surface area contributed by atoms with Gasteiger partial charge < -0.3 is 5.32 Å². The van der Waals surface area contributed by atoms with E-state index in [9.17, 15) is 12.8 Å². The van der Waals surface area contributed by atoms with Crippen LogP contribution in [0.2, 0.25) is 0 Å². The fourth-order valence-electron chi connectivity index (χ4n) is 4.27. The number of nitrogens with one attached hydrogen (secondary N) is 1. The van der Waals surface area contributed by atoms with Crippen LogP contribution in [0, 0.1) is 0 Å². The van der Waals surface area contributed by atoms with Crippen LogP contribution >= 0.6 is 11.3 Å². The third kappa shape index (κ3) is 4.12. The van der Waals surface area contributed by atoms with Gasteiger partial charge in [0.25, 0.3) is 0 Å². The van der Waals surface area contributed by atoms with E-state index in [1.54, 1.807) is 6.20 Å². The molecule has 0 aromatic carbocycles. The first-order valence-corrected chi connectivity index (χ1v) is 13.1. The molecule has 1 fully saturated rings. The summed E-state index contributed by atoms with van der Waals surface area (Å²) in [4.78, 5) is 10.0. The second-order valence-corrected chi connectivity index (χ2v) is 11.5. The van der Waals surface area contributed by atoms with E-state index in [0.717, 1.165) is 21.3 Å². The first-order valence-electron chi connectivity index (χ1n) is 10.4. The van der Waals surface area contributed by atoms with E-state index in [-0.39, 0.29) is 5.41 Å². The van der Waals surface area contributed by atoms with Gasteiger partial charge in [-0.3, -0.25) is 4.98 Å². The molecule has 11 heteroatoms. The van der Waals surface area contributed by atoms with E-state index in [0.29, 0.717) is 50.4 Å². The van der Waals surface area contributed by atoms with E-state index in [1.165, 1.54) is 21.9 Å². The Bertz CT molecular complexity index is 1210. The zero-order valence-electron chi connectivity index (χ0n) is 17.5. The van der Waals surface area contributed by atoms with Crippen LogP contribution in [0.1, 0.15) is 29.1 Å². The van der Waals surface area contributed by atoms with Crippen LogP contribution in [0.15, 0.2) is 36.5 Å². The van der Waals surface area contributed by atoms with Crippen molar-refractivity contribution in [2.75, 3.05) is 24.7 Å². The number of hydrogen-bond donors (Lipinski definition) is 1. The van der Waals surface area contributed by atoms with Gasteiger partial charge in [-0.25, -0.2) is 17.8 Å². The molecule has 0 radical (unpaired) electrons. The van der Waals surface area contributed by atoms with Crippen molar-refractivity contribution < 1.29 is 12.8 Å². The van der Waals surface area contributed by atoms with Crippen LogP contribution in [-0.4, -0.2) is 58.4 Å². The summed E-state index contributed by atoms with van der Waals surface area (Å²) in [6.07, 6.45) is 3.64. The smallest absolute Gasteiger partial charge is 0.211 e. The van der Waals surface area contributed by atoms with Gasteiger partial charge >= 0.3 is 0 Å². The number of fused-ring (bicyclic) bond motifs is 1. The van der Waals surface area contributed by atoms with Gasteiger partial charge in [-0.05, 0) is 37.1 Å². The minimum Gasteiger partial charge on any atom is -0.368 e. The first kappa shape index (κ1) is 21.4. The second kappa shape index (κ2) is 8.13. The van der Waals surface area contributed by atoms with Gasteiger partial charge in [0.2, 0.25) is 10.0 Å². The molecular formula is C21H23FN6O2S2. The second-order valence-electron chi connectivity index (χ2n) is 8.39. The monoisotopic (exact) mass is 474 g/mol. The number of hydrogen-bond acceptors (Lipinski definition) is 8. The summed E-state index contributed by atoms with van der Waals surface area (Å²) in [5, 5.41) is 12.6. The molecule has 1 aliphatic carbocycles. The minimum absolute atomic E-state index is 0.332. The Balaban J connectivity index is 1.28. The average Bonchev–Trinajstić information content (AvgIpc) is 3.20. The van der Waals surface area contributed by atoms with Crippen LogP contribution in [0.4, 0.5) is 10.2 Å². The van der Waals surface area contributed by atoms with Crippen molar-refractivity contribution in [2.24, 2.45) is 0 Å². The van der Waals surface area contributed by atoms with E-state index >= 15 is 0 Å². The maximum absolute atomic E-state index is 13.7. The molecule has 3 aromatic heterocycles. The quantitative estimate of drug-likeness (QED) is 0.586. The van der Waals surface area contributed by atoms with Gasteiger partial charge in [0.1, 0.15) is 22.7 Å². The number of halogens is 1. The summed E-state index contributed by atoms with van der Waals surface area (Å²) in [5.41, 5.74) is 2.13. The molecule has 3 aromatic rings. The van der Waals surface area contributed by atoms with Crippen molar-refractivity contribution in [1.29, 1.82) is 0 Å². The van der Waals surface area contributed by atoms with Crippen LogP contribution in [0.3, 0.4) is 0 Å². The maximum atomic E-state index is 13.7. The van der Waals surface area contributed by atoms with Crippen molar-refractivity contribution >= 4 is 27.2 Å². The van der Waals surface area contributed by atoms with E-state index in [1.807, 2.05) is 30.3 Å². The van der Waals surface area contributed by atoms with Crippen molar-refractivity contribution in [3.05, 3.63) is 52.8 Å². The molecule has 0 saturated heterocycles. The Kier molecular flexibility index (Phi) is 5.42. The lowest BCUT2D eigenvalue weighted by Gasteiger charge is -2.43. The molecule has 4 heterocycles. The highest BCUT2D eigenvalue weighted by Crippen LogP contribution is 2.44. The van der Waals surface area contributed by atoms with Crippen LogP contribution in [-0.2, 0) is 28.4 Å². The standard InChI is InChI=1S/C21H23FN6O2S2/c1-32(29,30)28-9-7-15-17(12-28)31-20(25-15)16-5-6-19(27-26-16)24-13-21(10-14(22)11-21)18-4-2-3-8-23-18/h2-6,8,14H,7,9-13H2,1H3,(H,24,27). The topological polar surface area (TPSA) is 101 Å². The summed E-state index contributed by atoms with van der Waals surface area (Å²) in [6.45, 7) is 1.33. The van der Waals surface area contributed by atoms with Crippen molar-refractivity contribution in [3.63, 3.8) is 0 Å². The lowest BCUT2D eigenvalue weighted by molar-refractivity contribution is 0.0996. The number of anilines is 1. The molecule has 32 heavy (non-hydrogen) atoms. The van der Waals surface area contributed by atoms with Gasteiger partial charge in [0, 0.05) is 48.2 Å². The van der Waals surface area contributed by atoms with Crippen molar-refractivity contribution in [3.8, 4) is 10.7 Å². The number of nitrogens with zero attached hydrogens (tertiary/aromatic N) is 5. The number of pyridine rings is 1. The van der Waals surface area contributed by atoms with Gasteiger partial charge in [0.15, 0.2) is 0 Å². The zero-order chi connectivity index (χ0) is 22.3. The molecule has 0 spiro atoms. The number of sulfonamides is 1. The summed E-state index contributed by atoms with van der Waals surface area (Å²) in [6, 6.07) is 9.41. The molecule has 0 unspecified atom stereocenters. The molecule has 5 rings (SSSR count). The number of alkyl halides is 1. The van der Waals surface area contributed by atoms with Crippen LogP contribution in [0.5, 0.6) is 0 Å². The predicted octanol–water partition coefficient (Wildman–Crippen LogP) is 2.79. The maximum Gasteiger partial charge on any atom is 0.211 e. The highest BCUT2D eigenvalue weighted by molar-refractivity contribution is 7.88. The van der Waals surface area contributed by atoms with Crippen molar-refractivity contribution in [2.45, 2.75) is 37.4 Å². The highest BCUT2D eigenvalue weighted by atomic mass is 32.2. The fraction of sp³-hybridized carbons (Fsp3) is 0.429. The lowest BCUT2D eigenvalue weighted by atomic mass is 9.65. The third-order valence-corrected chi connectivity index (χ3v) is 8.44. The zero-order valence-corrected chi connectivity index (χ0v) is 19.2. The number of thiazole rings is 1. The van der Waals surface area contributed by atoms with E-state index in [4.69, 9.17) is 0 Å². The van der Waals surface area contributed by atoms with Gasteiger partial charge in [-0.15, -0.1) is 21.5 Å². The molecule has 2 aliphatic rings. The molecule has 8 nitrogen and oxygen atoms in total. The summed E-state index contributed by atoms with van der Waals surface area (Å²) in [5.74, 6) is 0.607. The molecule has 1 aliphatic heterocycles. The fourth-order valence-corrected chi connectivity index (χ4v) is 6.23. The van der Waals surface area contributed by atoms with Gasteiger partial charge in [-0.2, -0.15) is 4.31 Å². The van der Waals surface area contributed by atoms with E-state index < -0.39 is 16.2 Å². The Hall–Kier alpha value is -2.50. The lowest BCUT2D eigenvalue weighted by Crippen LogP contribution is -2.48. The van der Waals surface area contributed by atoms with Crippen molar-refractivity contribution in [1.82, 2.24) is 24.5 Å². The summed E-state index contributed by atoms with van der Waals surface area (Å²) >= 11 is 1.45. The average molecular weight is 475 g/mol. The Morgan fingerprint density at radius 2 is 2.09 bits per heavy atom. The SMILES string of the molecule is CS(=O)(=O)N1CCc2nc(-c3ccc(NCC4(c5ccccn5)CC(F)C4)nn3)sc2C1. The molecule has 0 amide bonds. The van der Waals surface area contributed by atoms with Crippen LogP contribution in [0.25, 0.3) is 10.7 Å². The van der Waals surface area contributed by atoms with Crippen LogP contribution < -0.4 is 5.32 Å². The Morgan fingerprint density at radius 3 is 2.75 bits per heavy atom.